The van der Waals surface area contributed by atoms with Crippen molar-refractivity contribution in [3.05, 3.63) is 47.7 Å². The molecule has 1 aromatic carbocycles. The van der Waals surface area contributed by atoms with Crippen LogP contribution in [0.25, 0.3) is 6.08 Å². The molecule has 0 bridgehead atoms. The van der Waals surface area contributed by atoms with Gasteiger partial charge >= 0.3 is 0 Å². The van der Waals surface area contributed by atoms with Crippen LogP contribution in [0.5, 0.6) is 0 Å². The second-order valence-electron chi connectivity index (χ2n) is 3.22. The molecule has 1 rings (SSSR count). The van der Waals surface area contributed by atoms with Crippen molar-refractivity contribution >= 4 is 23.9 Å². The molecule has 0 unspecified atom stereocenters. The Morgan fingerprint density at radius 3 is 2.71 bits per heavy atom. The summed E-state index contributed by atoms with van der Waals surface area (Å²) in [5, 5.41) is 0. The zero-order chi connectivity index (χ0) is 12.7. The van der Waals surface area contributed by atoms with Gasteiger partial charge in [-0.3, -0.25) is 0 Å². The monoisotopic (exact) mass is 226 g/mol. The van der Waals surface area contributed by atoms with Gasteiger partial charge in [0.1, 0.15) is 0 Å². The lowest BCUT2D eigenvalue weighted by Crippen LogP contribution is -1.81. The Morgan fingerprint density at radius 2 is 2.12 bits per heavy atom. The number of benzene rings is 1. The third-order valence-electron chi connectivity index (χ3n) is 2.12. The molecular formula is C13H10N2O2. The Balaban J connectivity index is 3.29. The van der Waals surface area contributed by atoms with Gasteiger partial charge in [0, 0.05) is 0 Å². The van der Waals surface area contributed by atoms with Gasteiger partial charge in [0.2, 0.25) is 12.2 Å². The van der Waals surface area contributed by atoms with Crippen molar-refractivity contribution in [3.63, 3.8) is 0 Å². The quantitative estimate of drug-likeness (QED) is 0.450. The van der Waals surface area contributed by atoms with E-state index in [1.807, 2.05) is 13.0 Å². The SMILES string of the molecule is C=C/C(=C\c1cc(N=C=O)ccc1C)N=C=O. The molecule has 0 aromatic heterocycles. The van der Waals surface area contributed by atoms with E-state index in [9.17, 15) is 9.59 Å². The fourth-order valence-corrected chi connectivity index (χ4v) is 1.25. The van der Waals surface area contributed by atoms with Crippen LogP contribution in [0.2, 0.25) is 0 Å². The molecule has 4 nitrogen and oxygen atoms in total. The number of isocyanates is 2. The van der Waals surface area contributed by atoms with Crippen molar-refractivity contribution < 1.29 is 9.59 Å². The van der Waals surface area contributed by atoms with E-state index in [0.29, 0.717) is 11.4 Å². The molecule has 84 valence electrons. The van der Waals surface area contributed by atoms with E-state index >= 15 is 0 Å². The highest BCUT2D eigenvalue weighted by molar-refractivity contribution is 5.64. The first kappa shape index (κ1) is 12.5. The summed E-state index contributed by atoms with van der Waals surface area (Å²) in [6.45, 7) is 5.43. The van der Waals surface area contributed by atoms with Gasteiger partial charge in [0.15, 0.2) is 0 Å². The van der Waals surface area contributed by atoms with Crippen LogP contribution in [0.4, 0.5) is 5.69 Å². The van der Waals surface area contributed by atoms with E-state index in [4.69, 9.17) is 0 Å². The highest BCUT2D eigenvalue weighted by Crippen LogP contribution is 2.20. The molecule has 1 aromatic rings. The van der Waals surface area contributed by atoms with Crippen LogP contribution >= 0.6 is 0 Å². The van der Waals surface area contributed by atoms with Gasteiger partial charge in [-0.05, 0) is 42.3 Å². The largest absolute Gasteiger partial charge is 0.240 e. The summed E-state index contributed by atoms with van der Waals surface area (Å²) in [6.07, 6.45) is 6.03. The number of hydrogen-bond donors (Lipinski definition) is 0. The molecule has 0 aliphatic carbocycles. The topological polar surface area (TPSA) is 58.9 Å². The number of rotatable bonds is 4. The maximum Gasteiger partial charge on any atom is 0.240 e. The molecule has 0 radical (unpaired) electrons. The highest BCUT2D eigenvalue weighted by atomic mass is 16.1. The summed E-state index contributed by atoms with van der Waals surface area (Å²) in [6, 6.07) is 5.21. The lowest BCUT2D eigenvalue weighted by Gasteiger charge is -2.01. The van der Waals surface area contributed by atoms with Crippen molar-refractivity contribution in [2.45, 2.75) is 6.92 Å². The third kappa shape index (κ3) is 3.50. The number of hydrogen-bond acceptors (Lipinski definition) is 4. The first-order valence-corrected chi connectivity index (χ1v) is 4.81. The van der Waals surface area contributed by atoms with Gasteiger partial charge in [0.05, 0.1) is 11.4 Å². The van der Waals surface area contributed by atoms with Crippen LogP contribution in [0.1, 0.15) is 11.1 Å². The smallest absolute Gasteiger partial charge is 0.211 e. The Bertz CT molecular complexity index is 561. The van der Waals surface area contributed by atoms with E-state index in [0.717, 1.165) is 11.1 Å². The molecule has 0 saturated carbocycles. The highest BCUT2D eigenvalue weighted by Gasteiger charge is 1.98. The van der Waals surface area contributed by atoms with Crippen LogP contribution in [0, 0.1) is 6.92 Å². The van der Waals surface area contributed by atoms with Gasteiger partial charge in [-0.1, -0.05) is 12.6 Å². The summed E-state index contributed by atoms with van der Waals surface area (Å²) in [7, 11) is 0. The van der Waals surface area contributed by atoms with Crippen LogP contribution in [0.15, 0.2) is 46.5 Å². The lowest BCUT2D eigenvalue weighted by atomic mass is 10.1. The predicted molar refractivity (Wildman–Crippen MR) is 65.3 cm³/mol. The molecule has 0 atom stereocenters. The predicted octanol–water partition coefficient (Wildman–Crippen LogP) is 2.83. The summed E-state index contributed by atoms with van der Waals surface area (Å²) >= 11 is 0. The second kappa shape index (κ2) is 6.13. The van der Waals surface area contributed by atoms with E-state index < -0.39 is 0 Å². The van der Waals surface area contributed by atoms with E-state index in [1.54, 1.807) is 18.2 Å². The van der Waals surface area contributed by atoms with E-state index in [-0.39, 0.29) is 0 Å². The molecule has 0 amide bonds. The van der Waals surface area contributed by atoms with E-state index in [1.165, 1.54) is 18.2 Å². The molecule has 4 heteroatoms. The molecule has 0 spiro atoms. The van der Waals surface area contributed by atoms with Gasteiger partial charge in [-0.2, -0.15) is 9.98 Å². The number of carbonyl (C=O) groups excluding carboxylic acids is 2. The minimum Gasteiger partial charge on any atom is -0.211 e. The maximum atomic E-state index is 10.2. The summed E-state index contributed by atoms with van der Waals surface area (Å²) in [4.78, 5) is 27.3. The minimum absolute atomic E-state index is 0.398. The minimum atomic E-state index is 0.398. The Labute approximate surface area is 98.7 Å². The molecule has 0 saturated heterocycles. The lowest BCUT2D eigenvalue weighted by molar-refractivity contribution is 0.564. The first-order valence-electron chi connectivity index (χ1n) is 4.81. The van der Waals surface area contributed by atoms with Gasteiger partial charge in [0.25, 0.3) is 0 Å². The fraction of sp³-hybridized carbons (Fsp3) is 0.0769. The third-order valence-corrected chi connectivity index (χ3v) is 2.12. The summed E-state index contributed by atoms with van der Waals surface area (Å²) in [5.74, 6) is 0. The molecule has 0 aliphatic rings. The fourth-order valence-electron chi connectivity index (χ4n) is 1.25. The van der Waals surface area contributed by atoms with Crippen molar-refractivity contribution in [2.75, 3.05) is 0 Å². The van der Waals surface area contributed by atoms with Gasteiger partial charge in [-0.25, -0.2) is 9.59 Å². The average Bonchev–Trinajstić information content (AvgIpc) is 2.33. The van der Waals surface area contributed by atoms with Crippen molar-refractivity contribution in [2.24, 2.45) is 9.98 Å². The van der Waals surface area contributed by atoms with Crippen LogP contribution in [-0.2, 0) is 9.59 Å². The maximum absolute atomic E-state index is 10.2. The van der Waals surface area contributed by atoms with Crippen molar-refractivity contribution in [3.8, 4) is 0 Å². The van der Waals surface area contributed by atoms with Crippen LogP contribution in [0.3, 0.4) is 0 Å². The van der Waals surface area contributed by atoms with Crippen molar-refractivity contribution in [1.29, 1.82) is 0 Å². The molecule has 17 heavy (non-hydrogen) atoms. The van der Waals surface area contributed by atoms with Crippen molar-refractivity contribution in [1.82, 2.24) is 0 Å². The van der Waals surface area contributed by atoms with Gasteiger partial charge < -0.3 is 0 Å². The molecule has 0 heterocycles. The average molecular weight is 226 g/mol. The molecule has 0 aliphatic heterocycles. The zero-order valence-corrected chi connectivity index (χ0v) is 9.30. The van der Waals surface area contributed by atoms with Gasteiger partial charge in [-0.15, -0.1) is 0 Å². The number of aryl methyl sites for hydroxylation is 1. The van der Waals surface area contributed by atoms with Crippen LogP contribution in [-0.4, -0.2) is 12.2 Å². The number of allylic oxidation sites excluding steroid dienone is 1. The molecular weight excluding hydrogens is 216 g/mol. The zero-order valence-electron chi connectivity index (χ0n) is 9.30. The normalized spacial score (nSPS) is 10.1. The molecule has 0 N–H and O–H groups in total. The Kier molecular flexibility index (Phi) is 4.52. The number of nitrogens with zero attached hydrogens (tertiary/aromatic N) is 2. The first-order chi connectivity index (χ1) is 8.21. The van der Waals surface area contributed by atoms with E-state index in [2.05, 4.69) is 16.6 Å². The number of aliphatic imine (C=N–C) groups is 2. The summed E-state index contributed by atoms with van der Waals surface area (Å²) < 4.78 is 0. The second-order valence-corrected chi connectivity index (χ2v) is 3.22. The summed E-state index contributed by atoms with van der Waals surface area (Å²) in [5.41, 5.74) is 2.66. The Morgan fingerprint density at radius 1 is 1.35 bits per heavy atom. The molecule has 0 fully saturated rings. The standard InChI is InChI=1S/C13H10N2O2/c1-3-12(14-8-16)6-11-7-13(15-9-17)5-4-10(11)2/h3-7H,1H2,2H3/b12-6+. The van der Waals surface area contributed by atoms with Crippen LogP contribution < -0.4 is 0 Å². The Hall–Kier alpha value is -2.54.